The van der Waals surface area contributed by atoms with Crippen molar-refractivity contribution in [2.75, 3.05) is 6.54 Å². The molecule has 0 radical (unpaired) electrons. The van der Waals surface area contributed by atoms with Gasteiger partial charge in [-0.05, 0) is 29.8 Å². The smallest absolute Gasteiger partial charge is 0.123 e. The van der Waals surface area contributed by atoms with E-state index in [0.29, 0.717) is 6.04 Å². The minimum atomic E-state index is -0.188. The van der Waals surface area contributed by atoms with Crippen LogP contribution in [0.5, 0.6) is 0 Å². The first-order chi connectivity index (χ1) is 9.15. The van der Waals surface area contributed by atoms with E-state index in [1.54, 1.807) is 18.4 Å². The number of hydrogen-bond acceptors (Lipinski definition) is 2. The van der Waals surface area contributed by atoms with Crippen molar-refractivity contribution in [3.63, 3.8) is 0 Å². The fraction of sp³-hybridized carbons (Fsp3) is 0.375. The van der Waals surface area contributed by atoms with Crippen molar-refractivity contribution in [3.8, 4) is 0 Å². The van der Waals surface area contributed by atoms with E-state index in [2.05, 4.69) is 19.2 Å². The third-order valence-corrected chi connectivity index (χ3v) is 3.12. The van der Waals surface area contributed by atoms with E-state index in [1.165, 1.54) is 6.07 Å². The molecule has 2 aromatic rings. The third-order valence-electron chi connectivity index (χ3n) is 3.12. The Labute approximate surface area is 113 Å². The maximum Gasteiger partial charge on any atom is 0.123 e. The summed E-state index contributed by atoms with van der Waals surface area (Å²) in [5.74, 6) is 0.954. The van der Waals surface area contributed by atoms with Crippen molar-refractivity contribution in [3.05, 3.63) is 59.8 Å². The summed E-state index contributed by atoms with van der Waals surface area (Å²) in [5.41, 5.74) is 1.00. The van der Waals surface area contributed by atoms with Crippen LogP contribution in [0.3, 0.4) is 0 Å². The van der Waals surface area contributed by atoms with Gasteiger partial charge in [-0.1, -0.05) is 26.0 Å². The highest BCUT2D eigenvalue weighted by molar-refractivity contribution is 5.22. The van der Waals surface area contributed by atoms with Gasteiger partial charge in [0, 0.05) is 24.9 Å². The van der Waals surface area contributed by atoms with Crippen molar-refractivity contribution in [2.24, 2.45) is 0 Å². The maximum atomic E-state index is 13.4. The Bertz CT molecular complexity index is 493. The monoisotopic (exact) mass is 261 g/mol. The molecule has 19 heavy (non-hydrogen) atoms. The zero-order chi connectivity index (χ0) is 13.7. The Morgan fingerprint density at radius 1 is 1.21 bits per heavy atom. The van der Waals surface area contributed by atoms with E-state index in [-0.39, 0.29) is 11.7 Å². The summed E-state index contributed by atoms with van der Waals surface area (Å²) in [4.78, 5) is 0. The van der Waals surface area contributed by atoms with Crippen molar-refractivity contribution < 1.29 is 8.81 Å². The van der Waals surface area contributed by atoms with Crippen LogP contribution in [-0.2, 0) is 6.42 Å². The van der Waals surface area contributed by atoms with Gasteiger partial charge >= 0.3 is 0 Å². The second-order valence-electron chi connectivity index (χ2n) is 5.10. The highest BCUT2D eigenvalue weighted by Crippen LogP contribution is 2.21. The molecule has 0 aliphatic rings. The zero-order valence-electron chi connectivity index (χ0n) is 11.4. The van der Waals surface area contributed by atoms with Crippen LogP contribution in [0.4, 0.5) is 4.39 Å². The third kappa shape index (κ3) is 4.21. The minimum Gasteiger partial charge on any atom is -0.469 e. The maximum absolute atomic E-state index is 13.4. The van der Waals surface area contributed by atoms with Gasteiger partial charge in [0.05, 0.1) is 6.26 Å². The lowest BCUT2D eigenvalue weighted by atomic mass is 9.94. The Morgan fingerprint density at radius 3 is 2.68 bits per heavy atom. The van der Waals surface area contributed by atoms with E-state index < -0.39 is 0 Å². The summed E-state index contributed by atoms with van der Waals surface area (Å²) in [6.07, 6.45) is 2.45. The van der Waals surface area contributed by atoms with Crippen LogP contribution >= 0.6 is 0 Å². The molecule has 1 aromatic carbocycles. The predicted octanol–water partition coefficient (Wildman–Crippen LogP) is 3.74. The van der Waals surface area contributed by atoms with E-state index in [0.717, 1.165) is 24.3 Å². The molecule has 1 heterocycles. The second-order valence-corrected chi connectivity index (χ2v) is 5.10. The largest absolute Gasteiger partial charge is 0.469 e. The number of furan rings is 1. The van der Waals surface area contributed by atoms with Crippen molar-refractivity contribution in [1.29, 1.82) is 0 Å². The Kier molecular flexibility index (Phi) is 4.74. The lowest BCUT2D eigenvalue weighted by molar-refractivity contribution is 0.460. The summed E-state index contributed by atoms with van der Waals surface area (Å²) >= 11 is 0. The number of halogens is 1. The highest BCUT2D eigenvalue weighted by atomic mass is 19.1. The molecule has 0 saturated carbocycles. The molecule has 0 aliphatic carbocycles. The molecule has 2 rings (SSSR count). The number of hydrogen-bond donors (Lipinski definition) is 1. The SMILES string of the molecule is CC(C)NCC(Cc1ccco1)c1cccc(F)c1. The van der Waals surface area contributed by atoms with E-state index in [1.807, 2.05) is 18.2 Å². The van der Waals surface area contributed by atoms with Crippen LogP contribution in [0.1, 0.15) is 31.1 Å². The van der Waals surface area contributed by atoms with Crippen LogP contribution in [0.25, 0.3) is 0 Å². The molecule has 0 amide bonds. The lowest BCUT2D eigenvalue weighted by Crippen LogP contribution is -2.28. The Hall–Kier alpha value is -1.61. The molecule has 102 valence electrons. The molecular weight excluding hydrogens is 241 g/mol. The summed E-state index contributed by atoms with van der Waals surface area (Å²) in [7, 11) is 0. The number of benzene rings is 1. The first kappa shape index (κ1) is 13.8. The fourth-order valence-corrected chi connectivity index (χ4v) is 2.12. The molecular formula is C16H20FNO. The fourth-order valence-electron chi connectivity index (χ4n) is 2.12. The average molecular weight is 261 g/mol. The topological polar surface area (TPSA) is 25.2 Å². The number of rotatable bonds is 6. The van der Waals surface area contributed by atoms with Gasteiger partial charge in [0.25, 0.3) is 0 Å². The van der Waals surface area contributed by atoms with Gasteiger partial charge < -0.3 is 9.73 Å². The van der Waals surface area contributed by atoms with Gasteiger partial charge in [0.15, 0.2) is 0 Å². The molecule has 1 aromatic heterocycles. The predicted molar refractivity (Wildman–Crippen MR) is 74.7 cm³/mol. The first-order valence-corrected chi connectivity index (χ1v) is 6.66. The van der Waals surface area contributed by atoms with Gasteiger partial charge in [0.1, 0.15) is 11.6 Å². The van der Waals surface area contributed by atoms with Crippen LogP contribution in [0.2, 0.25) is 0 Å². The summed E-state index contributed by atoms with van der Waals surface area (Å²) in [5, 5.41) is 3.41. The molecule has 2 nitrogen and oxygen atoms in total. The van der Waals surface area contributed by atoms with Crippen molar-refractivity contribution in [1.82, 2.24) is 5.32 Å². The molecule has 0 bridgehead atoms. The van der Waals surface area contributed by atoms with Gasteiger partial charge in [0.2, 0.25) is 0 Å². The quantitative estimate of drug-likeness (QED) is 0.857. The summed E-state index contributed by atoms with van der Waals surface area (Å²) in [6.45, 7) is 5.02. The van der Waals surface area contributed by atoms with E-state index >= 15 is 0 Å². The molecule has 3 heteroatoms. The molecule has 0 aliphatic heterocycles. The zero-order valence-corrected chi connectivity index (χ0v) is 11.4. The van der Waals surface area contributed by atoms with Crippen LogP contribution in [-0.4, -0.2) is 12.6 Å². The molecule has 0 fully saturated rings. The van der Waals surface area contributed by atoms with Gasteiger partial charge in [-0.2, -0.15) is 0 Å². The van der Waals surface area contributed by atoms with E-state index in [4.69, 9.17) is 4.42 Å². The second kappa shape index (κ2) is 6.53. The van der Waals surface area contributed by atoms with E-state index in [9.17, 15) is 4.39 Å². The van der Waals surface area contributed by atoms with Crippen LogP contribution in [0.15, 0.2) is 47.1 Å². The van der Waals surface area contributed by atoms with Gasteiger partial charge in [-0.25, -0.2) is 4.39 Å². The normalized spacial score (nSPS) is 12.8. The molecule has 1 N–H and O–H groups in total. The standard InChI is InChI=1S/C16H20FNO/c1-12(2)18-11-14(10-16-7-4-8-19-16)13-5-3-6-15(17)9-13/h3-9,12,14,18H,10-11H2,1-2H3. The van der Waals surface area contributed by atoms with Crippen LogP contribution in [0, 0.1) is 5.82 Å². The van der Waals surface area contributed by atoms with Crippen LogP contribution < -0.4 is 5.32 Å². The van der Waals surface area contributed by atoms with Crippen molar-refractivity contribution in [2.45, 2.75) is 32.2 Å². The van der Waals surface area contributed by atoms with Gasteiger partial charge in [-0.3, -0.25) is 0 Å². The minimum absolute atomic E-state index is 0.188. The molecule has 0 spiro atoms. The summed E-state index contributed by atoms with van der Waals surface area (Å²) in [6, 6.07) is 11.1. The molecule has 0 saturated heterocycles. The average Bonchev–Trinajstić information content (AvgIpc) is 2.87. The Balaban J connectivity index is 2.13. The Morgan fingerprint density at radius 2 is 2.05 bits per heavy atom. The first-order valence-electron chi connectivity index (χ1n) is 6.66. The lowest BCUT2D eigenvalue weighted by Gasteiger charge is -2.19. The number of nitrogens with one attached hydrogen (secondary N) is 1. The summed E-state index contributed by atoms with van der Waals surface area (Å²) < 4.78 is 18.8. The van der Waals surface area contributed by atoms with Crippen molar-refractivity contribution >= 4 is 0 Å². The highest BCUT2D eigenvalue weighted by Gasteiger charge is 2.15. The molecule has 1 atom stereocenters. The molecule has 1 unspecified atom stereocenters. The van der Waals surface area contributed by atoms with Gasteiger partial charge in [-0.15, -0.1) is 0 Å².